The lowest BCUT2D eigenvalue weighted by atomic mass is 10.2. The van der Waals surface area contributed by atoms with Crippen molar-refractivity contribution in [3.63, 3.8) is 0 Å². The summed E-state index contributed by atoms with van der Waals surface area (Å²) in [4.78, 5) is 16.8. The molecule has 1 amide bonds. The van der Waals surface area contributed by atoms with Gasteiger partial charge in [-0.05, 0) is 59.8 Å². The number of thioether (sulfide) groups is 1. The molecule has 1 fully saturated rings. The molecule has 0 aromatic heterocycles. The number of aliphatic imine (C=N–C) groups is 1. The number of halogens is 1. The zero-order chi connectivity index (χ0) is 17.8. The van der Waals surface area contributed by atoms with Crippen LogP contribution in [0.2, 0.25) is 0 Å². The third kappa shape index (κ3) is 4.00. The van der Waals surface area contributed by atoms with Crippen LogP contribution < -0.4 is 14.8 Å². The Labute approximate surface area is 148 Å². The molecular formula is C18H15FN2O3S. The molecule has 1 aliphatic heterocycles. The first kappa shape index (κ1) is 17.0. The van der Waals surface area contributed by atoms with Gasteiger partial charge in [0.05, 0.1) is 24.8 Å². The average Bonchev–Trinajstić information content (AvgIpc) is 2.95. The van der Waals surface area contributed by atoms with E-state index in [1.54, 1.807) is 32.4 Å². The molecule has 7 heteroatoms. The van der Waals surface area contributed by atoms with E-state index in [4.69, 9.17) is 9.47 Å². The predicted molar refractivity (Wildman–Crippen MR) is 97.1 cm³/mol. The Balaban J connectivity index is 1.95. The molecule has 2 aromatic rings. The summed E-state index contributed by atoms with van der Waals surface area (Å²) in [5, 5.41) is 2.48. The Morgan fingerprint density at radius 2 is 1.80 bits per heavy atom. The summed E-state index contributed by atoms with van der Waals surface area (Å²) in [5.41, 5.74) is 1.39. The molecular weight excluding hydrogens is 343 g/mol. The van der Waals surface area contributed by atoms with Crippen LogP contribution in [0.15, 0.2) is 52.4 Å². The zero-order valence-electron chi connectivity index (χ0n) is 13.6. The van der Waals surface area contributed by atoms with Crippen LogP contribution in [0.5, 0.6) is 11.5 Å². The van der Waals surface area contributed by atoms with Crippen LogP contribution in [0, 0.1) is 5.82 Å². The fraction of sp³-hybridized carbons (Fsp3) is 0.111. The normalized spacial score (nSPS) is 17.0. The van der Waals surface area contributed by atoms with Crippen LogP contribution in [0.3, 0.4) is 0 Å². The van der Waals surface area contributed by atoms with E-state index >= 15 is 0 Å². The number of ether oxygens (including phenoxy) is 2. The molecule has 0 aliphatic carbocycles. The van der Waals surface area contributed by atoms with Crippen LogP contribution in [0.4, 0.5) is 14.9 Å². The largest absolute Gasteiger partial charge is 0.493 e. The summed E-state index contributed by atoms with van der Waals surface area (Å²) >= 11 is 1.05. The van der Waals surface area contributed by atoms with E-state index < -0.39 is 0 Å². The van der Waals surface area contributed by atoms with Crippen LogP contribution in [-0.2, 0) is 0 Å². The van der Waals surface area contributed by atoms with Gasteiger partial charge in [-0.25, -0.2) is 9.38 Å². The van der Waals surface area contributed by atoms with Crippen molar-refractivity contribution in [3.8, 4) is 11.5 Å². The number of amides is 1. The summed E-state index contributed by atoms with van der Waals surface area (Å²) in [6.07, 6.45) is 1.83. The average molecular weight is 358 g/mol. The van der Waals surface area contributed by atoms with E-state index in [1.807, 2.05) is 18.2 Å². The summed E-state index contributed by atoms with van der Waals surface area (Å²) < 4.78 is 23.5. The van der Waals surface area contributed by atoms with Gasteiger partial charge in [-0.3, -0.25) is 4.79 Å². The van der Waals surface area contributed by atoms with Crippen LogP contribution in [-0.4, -0.2) is 25.3 Å². The topological polar surface area (TPSA) is 59.9 Å². The van der Waals surface area contributed by atoms with Gasteiger partial charge in [-0.15, -0.1) is 0 Å². The summed E-state index contributed by atoms with van der Waals surface area (Å²) in [5.74, 6) is 1.31. The molecule has 128 valence electrons. The Morgan fingerprint density at radius 3 is 2.48 bits per heavy atom. The van der Waals surface area contributed by atoms with E-state index in [2.05, 4.69) is 10.3 Å². The van der Waals surface area contributed by atoms with Crippen molar-refractivity contribution in [1.29, 1.82) is 0 Å². The Hall–Kier alpha value is -2.80. The molecule has 1 saturated heterocycles. The maximum atomic E-state index is 13.0. The summed E-state index contributed by atoms with van der Waals surface area (Å²) in [6, 6.07) is 11.2. The van der Waals surface area contributed by atoms with E-state index in [-0.39, 0.29) is 11.1 Å². The van der Waals surface area contributed by atoms with Gasteiger partial charge in [0.2, 0.25) is 0 Å². The molecule has 0 unspecified atom stereocenters. The molecule has 0 radical (unpaired) electrons. The third-order valence-corrected chi connectivity index (χ3v) is 4.25. The number of benzene rings is 2. The lowest BCUT2D eigenvalue weighted by Gasteiger charge is -2.08. The van der Waals surface area contributed by atoms with Crippen LogP contribution in [0.1, 0.15) is 5.56 Å². The summed E-state index contributed by atoms with van der Waals surface area (Å²) in [7, 11) is 3.13. The van der Waals surface area contributed by atoms with Gasteiger partial charge in [0.1, 0.15) is 11.7 Å². The number of hydrogen-bond donors (Lipinski definition) is 1. The van der Waals surface area contributed by atoms with Gasteiger partial charge >= 0.3 is 0 Å². The zero-order valence-corrected chi connectivity index (χ0v) is 14.4. The second kappa shape index (κ2) is 7.40. The molecule has 0 spiro atoms. The summed E-state index contributed by atoms with van der Waals surface area (Å²) in [6.45, 7) is 0. The van der Waals surface area contributed by atoms with E-state index in [9.17, 15) is 9.18 Å². The van der Waals surface area contributed by atoms with E-state index in [0.29, 0.717) is 27.9 Å². The van der Waals surface area contributed by atoms with Crippen molar-refractivity contribution in [2.45, 2.75) is 0 Å². The maximum Gasteiger partial charge on any atom is 0.289 e. The fourth-order valence-electron chi connectivity index (χ4n) is 2.25. The van der Waals surface area contributed by atoms with Gasteiger partial charge in [0.25, 0.3) is 5.24 Å². The number of carbonyl (C=O) groups excluding carboxylic acids is 1. The fourth-order valence-corrected chi connectivity index (χ4v) is 2.99. The van der Waals surface area contributed by atoms with Crippen molar-refractivity contribution >= 4 is 34.6 Å². The van der Waals surface area contributed by atoms with Crippen molar-refractivity contribution in [2.24, 2.45) is 4.99 Å². The number of hydrogen-bond acceptors (Lipinski definition) is 5. The molecule has 0 saturated carbocycles. The number of amidine groups is 1. The first-order chi connectivity index (χ1) is 12.1. The monoisotopic (exact) mass is 358 g/mol. The van der Waals surface area contributed by atoms with Crippen LogP contribution in [0.25, 0.3) is 6.08 Å². The number of rotatable bonds is 4. The minimum absolute atomic E-state index is 0.215. The van der Waals surface area contributed by atoms with Gasteiger partial charge in [0.15, 0.2) is 11.5 Å². The Morgan fingerprint density at radius 1 is 1.08 bits per heavy atom. The highest BCUT2D eigenvalue weighted by Crippen LogP contribution is 2.32. The quantitative estimate of drug-likeness (QED) is 0.882. The van der Waals surface area contributed by atoms with E-state index in [0.717, 1.165) is 17.3 Å². The molecule has 1 N–H and O–H groups in total. The number of nitrogens with one attached hydrogen (secondary N) is 1. The Bertz CT molecular complexity index is 863. The highest BCUT2D eigenvalue weighted by molar-refractivity contribution is 8.18. The number of carbonyl (C=O) groups is 1. The smallest absolute Gasteiger partial charge is 0.289 e. The van der Waals surface area contributed by atoms with Crippen molar-refractivity contribution in [2.75, 3.05) is 14.2 Å². The molecule has 2 aromatic carbocycles. The maximum absolute atomic E-state index is 13.0. The van der Waals surface area contributed by atoms with Gasteiger partial charge in [-0.1, -0.05) is 6.07 Å². The first-order valence-corrected chi connectivity index (χ1v) is 8.18. The van der Waals surface area contributed by atoms with Gasteiger partial charge in [-0.2, -0.15) is 0 Å². The van der Waals surface area contributed by atoms with Gasteiger partial charge in [0, 0.05) is 0 Å². The third-order valence-electron chi connectivity index (χ3n) is 3.43. The van der Waals surface area contributed by atoms with Crippen molar-refractivity contribution in [3.05, 3.63) is 58.8 Å². The SMILES string of the molecule is COc1ccc(/C=C2\SC(=O)NC2=Nc2ccc(F)cc2)cc1OC. The highest BCUT2D eigenvalue weighted by atomic mass is 32.2. The predicted octanol–water partition coefficient (Wildman–Crippen LogP) is 4.37. The molecule has 0 bridgehead atoms. The van der Waals surface area contributed by atoms with Crippen LogP contribution >= 0.6 is 11.8 Å². The molecule has 1 aliphatic rings. The number of nitrogens with zero attached hydrogens (tertiary/aromatic N) is 1. The second-order valence-corrected chi connectivity index (χ2v) is 6.09. The van der Waals surface area contributed by atoms with Gasteiger partial charge < -0.3 is 14.8 Å². The molecule has 5 nitrogen and oxygen atoms in total. The standard InChI is InChI=1S/C18H15FN2O3S/c1-23-14-8-3-11(9-15(14)24-2)10-16-17(21-18(22)25-16)20-13-6-4-12(19)5-7-13/h3-10H,1-2H3,(H,20,21,22)/b16-10-. The molecule has 3 rings (SSSR count). The second-order valence-electron chi connectivity index (χ2n) is 5.07. The number of methoxy groups -OCH3 is 2. The lowest BCUT2D eigenvalue weighted by Crippen LogP contribution is -2.18. The highest BCUT2D eigenvalue weighted by Gasteiger charge is 2.23. The molecule has 0 atom stereocenters. The molecule has 25 heavy (non-hydrogen) atoms. The minimum Gasteiger partial charge on any atom is -0.493 e. The minimum atomic E-state index is -0.338. The Kier molecular flexibility index (Phi) is 5.04. The van der Waals surface area contributed by atoms with Crippen molar-refractivity contribution in [1.82, 2.24) is 5.32 Å². The van der Waals surface area contributed by atoms with E-state index in [1.165, 1.54) is 12.1 Å². The molecule has 1 heterocycles. The first-order valence-electron chi connectivity index (χ1n) is 7.36. The van der Waals surface area contributed by atoms with Crippen molar-refractivity contribution < 1.29 is 18.7 Å². The lowest BCUT2D eigenvalue weighted by molar-refractivity contribution is 0.265.